The van der Waals surface area contributed by atoms with Gasteiger partial charge in [0, 0.05) is 6.42 Å². The predicted octanol–water partition coefficient (Wildman–Crippen LogP) is -0.215. The van der Waals surface area contributed by atoms with Gasteiger partial charge in [-0.3, -0.25) is 14.3 Å². The number of aromatic nitrogens is 2. The molecule has 0 amide bonds. The van der Waals surface area contributed by atoms with Crippen LogP contribution in [0.1, 0.15) is 13.3 Å². The van der Waals surface area contributed by atoms with Crippen molar-refractivity contribution in [2.45, 2.75) is 19.1 Å². The summed E-state index contributed by atoms with van der Waals surface area (Å²) in [6.07, 6.45) is 1.27. The average Bonchev–Trinajstić information content (AvgIpc) is 2.49. The van der Waals surface area contributed by atoms with Crippen molar-refractivity contribution >= 4 is 0 Å². The third-order valence-electron chi connectivity index (χ3n) is 2.76. The first-order valence-corrected chi connectivity index (χ1v) is 5.27. The largest absolute Gasteiger partial charge is 0.379 e. The molecule has 0 radical (unpaired) electrons. The lowest BCUT2D eigenvalue weighted by Crippen LogP contribution is -2.44. The molecule has 0 bridgehead atoms. The summed E-state index contributed by atoms with van der Waals surface area (Å²) >= 11 is 0. The Morgan fingerprint density at radius 2 is 2.18 bits per heavy atom. The maximum Gasteiger partial charge on any atom is 0.330 e. The van der Waals surface area contributed by atoms with Crippen molar-refractivity contribution in [3.63, 3.8) is 0 Å². The second-order valence-electron chi connectivity index (χ2n) is 3.99. The summed E-state index contributed by atoms with van der Waals surface area (Å²) in [4.78, 5) is 24.5. The maximum absolute atomic E-state index is 13.2. The number of ether oxygens (including phenoxy) is 2. The highest BCUT2D eigenvalue weighted by Crippen LogP contribution is 2.22. The Hall–Kier alpha value is -1.47. The maximum atomic E-state index is 13.2. The zero-order chi connectivity index (χ0) is 12.5. The normalized spacial score (nSPS) is 25.5. The molecule has 2 heterocycles. The Morgan fingerprint density at radius 3 is 2.94 bits per heavy atom. The SMILES string of the molecule is CC1(n2cc(F)c(=O)[nH]c2=O)CCOCCO1. The van der Waals surface area contributed by atoms with Crippen LogP contribution in [0.5, 0.6) is 0 Å². The number of halogens is 1. The summed E-state index contributed by atoms with van der Waals surface area (Å²) < 4.78 is 25.0. The van der Waals surface area contributed by atoms with Crippen LogP contribution in [0.15, 0.2) is 15.8 Å². The lowest BCUT2D eigenvalue weighted by Gasteiger charge is -2.29. The first-order valence-electron chi connectivity index (χ1n) is 5.27. The molecule has 0 aromatic carbocycles. The average molecular weight is 244 g/mol. The molecule has 1 aliphatic heterocycles. The van der Waals surface area contributed by atoms with E-state index in [1.165, 1.54) is 0 Å². The number of rotatable bonds is 1. The molecule has 1 atom stereocenters. The monoisotopic (exact) mass is 244 g/mol. The van der Waals surface area contributed by atoms with Gasteiger partial charge in [0.15, 0.2) is 0 Å². The van der Waals surface area contributed by atoms with Gasteiger partial charge in [-0.15, -0.1) is 0 Å². The minimum absolute atomic E-state index is 0.309. The van der Waals surface area contributed by atoms with Crippen LogP contribution in [0.4, 0.5) is 4.39 Å². The van der Waals surface area contributed by atoms with Crippen molar-refractivity contribution in [2.24, 2.45) is 0 Å². The Kier molecular flexibility index (Phi) is 3.12. The number of aromatic amines is 1. The Morgan fingerprint density at radius 1 is 1.41 bits per heavy atom. The molecule has 1 aliphatic rings. The van der Waals surface area contributed by atoms with Gasteiger partial charge < -0.3 is 9.47 Å². The molecule has 6 nitrogen and oxygen atoms in total. The van der Waals surface area contributed by atoms with Gasteiger partial charge in [0.1, 0.15) is 5.72 Å². The molecule has 1 aromatic rings. The standard InChI is InChI=1S/C10H13FN2O4/c1-10(2-3-16-4-5-17-10)13-6-7(11)8(14)12-9(13)15/h6H,2-5H2,1H3,(H,12,14,15). The highest BCUT2D eigenvalue weighted by molar-refractivity contribution is 4.91. The van der Waals surface area contributed by atoms with Crippen LogP contribution >= 0.6 is 0 Å². The van der Waals surface area contributed by atoms with Gasteiger partial charge in [-0.2, -0.15) is 4.39 Å². The highest BCUT2D eigenvalue weighted by atomic mass is 19.1. The van der Waals surface area contributed by atoms with Crippen LogP contribution in [-0.4, -0.2) is 29.4 Å². The number of nitrogens with one attached hydrogen (secondary N) is 1. The van der Waals surface area contributed by atoms with Crippen molar-refractivity contribution in [1.82, 2.24) is 9.55 Å². The van der Waals surface area contributed by atoms with E-state index in [0.717, 1.165) is 10.8 Å². The van der Waals surface area contributed by atoms with E-state index in [-0.39, 0.29) is 0 Å². The summed E-state index contributed by atoms with van der Waals surface area (Å²) in [7, 11) is 0. The van der Waals surface area contributed by atoms with Crippen LogP contribution in [0.3, 0.4) is 0 Å². The van der Waals surface area contributed by atoms with Gasteiger partial charge in [0.05, 0.1) is 26.0 Å². The zero-order valence-corrected chi connectivity index (χ0v) is 9.36. The second kappa shape index (κ2) is 4.42. The fourth-order valence-electron chi connectivity index (χ4n) is 1.75. The van der Waals surface area contributed by atoms with Crippen molar-refractivity contribution < 1.29 is 13.9 Å². The molecule has 1 saturated heterocycles. The van der Waals surface area contributed by atoms with Crippen molar-refractivity contribution in [1.29, 1.82) is 0 Å². The van der Waals surface area contributed by atoms with Crippen LogP contribution in [-0.2, 0) is 15.2 Å². The molecule has 1 aromatic heterocycles. The quantitative estimate of drug-likeness (QED) is 0.741. The molecule has 94 valence electrons. The van der Waals surface area contributed by atoms with Gasteiger partial charge in [-0.05, 0) is 6.92 Å². The number of hydrogen-bond donors (Lipinski definition) is 1. The van der Waals surface area contributed by atoms with Crippen molar-refractivity contribution in [2.75, 3.05) is 19.8 Å². The minimum atomic E-state index is -1.03. The molecule has 1 N–H and O–H groups in total. The Bertz CT molecular complexity index is 514. The second-order valence-corrected chi connectivity index (χ2v) is 3.99. The summed E-state index contributed by atoms with van der Waals surface area (Å²) in [5, 5.41) is 0. The van der Waals surface area contributed by atoms with E-state index in [0.29, 0.717) is 26.2 Å². The third-order valence-corrected chi connectivity index (χ3v) is 2.76. The van der Waals surface area contributed by atoms with Crippen LogP contribution in [0, 0.1) is 5.82 Å². The molecule has 0 spiro atoms. The predicted molar refractivity (Wildman–Crippen MR) is 56.3 cm³/mol. The summed E-state index contributed by atoms with van der Waals surface area (Å²) in [6, 6.07) is 0. The molecule has 1 fully saturated rings. The molecule has 0 saturated carbocycles. The first kappa shape index (κ1) is 12.0. The molecular formula is C10H13FN2O4. The zero-order valence-electron chi connectivity index (χ0n) is 9.36. The van der Waals surface area contributed by atoms with Crippen LogP contribution in [0.25, 0.3) is 0 Å². The van der Waals surface area contributed by atoms with E-state index in [9.17, 15) is 14.0 Å². The first-order chi connectivity index (χ1) is 8.03. The van der Waals surface area contributed by atoms with E-state index in [4.69, 9.17) is 9.47 Å². The lowest BCUT2D eigenvalue weighted by atomic mass is 10.2. The van der Waals surface area contributed by atoms with Gasteiger partial charge in [-0.1, -0.05) is 0 Å². The van der Waals surface area contributed by atoms with E-state index < -0.39 is 22.8 Å². The summed E-state index contributed by atoms with van der Waals surface area (Å²) in [5.41, 5.74) is -2.72. The molecule has 17 heavy (non-hydrogen) atoms. The van der Waals surface area contributed by atoms with E-state index in [1.54, 1.807) is 6.92 Å². The van der Waals surface area contributed by atoms with E-state index in [2.05, 4.69) is 0 Å². The van der Waals surface area contributed by atoms with Gasteiger partial charge in [-0.25, -0.2) is 4.79 Å². The molecular weight excluding hydrogens is 231 g/mol. The molecule has 1 unspecified atom stereocenters. The van der Waals surface area contributed by atoms with Gasteiger partial charge in [0.25, 0.3) is 5.56 Å². The third kappa shape index (κ3) is 2.29. The fraction of sp³-hybridized carbons (Fsp3) is 0.600. The number of H-pyrrole nitrogens is 1. The Labute approximate surface area is 96.0 Å². The van der Waals surface area contributed by atoms with Gasteiger partial charge >= 0.3 is 5.69 Å². The topological polar surface area (TPSA) is 73.3 Å². The smallest absolute Gasteiger partial charge is 0.330 e. The van der Waals surface area contributed by atoms with E-state index >= 15 is 0 Å². The molecule has 0 aliphatic carbocycles. The van der Waals surface area contributed by atoms with Gasteiger partial charge in [0.2, 0.25) is 5.82 Å². The van der Waals surface area contributed by atoms with E-state index in [1.807, 2.05) is 4.98 Å². The fourth-order valence-corrected chi connectivity index (χ4v) is 1.75. The summed E-state index contributed by atoms with van der Waals surface area (Å²) in [5.74, 6) is -1.01. The van der Waals surface area contributed by atoms with Crippen LogP contribution < -0.4 is 11.2 Å². The number of hydrogen-bond acceptors (Lipinski definition) is 4. The number of nitrogens with zero attached hydrogens (tertiary/aromatic N) is 1. The lowest BCUT2D eigenvalue weighted by molar-refractivity contribution is -0.0904. The Balaban J connectivity index is 2.48. The van der Waals surface area contributed by atoms with Crippen molar-refractivity contribution in [3.05, 3.63) is 32.9 Å². The minimum Gasteiger partial charge on any atom is -0.379 e. The summed E-state index contributed by atoms with van der Waals surface area (Å²) in [6.45, 7) is 2.80. The van der Waals surface area contributed by atoms with Crippen molar-refractivity contribution in [3.8, 4) is 0 Å². The van der Waals surface area contributed by atoms with Crippen LogP contribution in [0.2, 0.25) is 0 Å². The molecule has 7 heteroatoms. The highest BCUT2D eigenvalue weighted by Gasteiger charge is 2.30. The molecule has 2 rings (SSSR count).